The van der Waals surface area contributed by atoms with Crippen LogP contribution in [0.5, 0.6) is 5.75 Å². The molecule has 0 saturated heterocycles. The Balaban J connectivity index is 2.05. The molecule has 0 aliphatic rings. The van der Waals surface area contributed by atoms with Gasteiger partial charge in [-0.25, -0.2) is 0 Å². The number of aryl methyl sites for hydroxylation is 1. The third kappa shape index (κ3) is 4.26. The van der Waals surface area contributed by atoms with Crippen molar-refractivity contribution in [2.75, 3.05) is 0 Å². The summed E-state index contributed by atoms with van der Waals surface area (Å²) in [6.07, 6.45) is 0. The number of benzene rings is 2. The van der Waals surface area contributed by atoms with Crippen LogP contribution in [-0.2, 0) is 6.54 Å². The van der Waals surface area contributed by atoms with Crippen molar-refractivity contribution >= 4 is 0 Å². The number of alkyl halides is 2. The maximum Gasteiger partial charge on any atom is 0.387 e. The summed E-state index contributed by atoms with van der Waals surface area (Å²) in [4.78, 5) is 0. The molecule has 0 radical (unpaired) electrons. The van der Waals surface area contributed by atoms with Crippen LogP contribution in [0.4, 0.5) is 8.78 Å². The van der Waals surface area contributed by atoms with E-state index >= 15 is 0 Å². The molecule has 0 fully saturated rings. The van der Waals surface area contributed by atoms with Crippen molar-refractivity contribution < 1.29 is 13.5 Å². The molecule has 0 spiro atoms. The Bertz CT molecular complexity index is 587. The zero-order chi connectivity index (χ0) is 15.2. The largest absolute Gasteiger partial charge is 0.434 e. The Morgan fingerprint density at radius 1 is 1.05 bits per heavy atom. The highest BCUT2D eigenvalue weighted by Gasteiger charge is 2.11. The number of para-hydroxylation sites is 1. The number of hydrogen-bond acceptors (Lipinski definition) is 2. The van der Waals surface area contributed by atoms with Gasteiger partial charge < -0.3 is 10.1 Å². The number of ether oxygens (including phenoxy) is 1. The van der Waals surface area contributed by atoms with Crippen molar-refractivity contribution in [1.82, 2.24) is 5.32 Å². The van der Waals surface area contributed by atoms with Crippen LogP contribution in [0.25, 0.3) is 0 Å². The Hall–Kier alpha value is -1.94. The molecule has 0 aliphatic heterocycles. The molecule has 0 saturated carbocycles. The van der Waals surface area contributed by atoms with E-state index < -0.39 is 6.61 Å². The summed E-state index contributed by atoms with van der Waals surface area (Å²) in [7, 11) is 0. The molecule has 2 aromatic rings. The van der Waals surface area contributed by atoms with Crippen molar-refractivity contribution in [3.05, 3.63) is 65.2 Å². The highest BCUT2D eigenvalue weighted by atomic mass is 19.3. The van der Waals surface area contributed by atoms with E-state index in [2.05, 4.69) is 36.0 Å². The molecular formula is C17H19F2NO. The van der Waals surface area contributed by atoms with Crippen LogP contribution < -0.4 is 10.1 Å². The third-order valence-electron chi connectivity index (χ3n) is 3.44. The smallest absolute Gasteiger partial charge is 0.387 e. The molecule has 1 N–H and O–H groups in total. The standard InChI is InChI=1S/C17H19F2NO/c1-12-7-3-5-9-15(12)13(2)20-11-14-8-4-6-10-16(14)21-17(18)19/h3-10,13,17,20H,11H2,1-2H3. The Morgan fingerprint density at radius 2 is 1.71 bits per heavy atom. The highest BCUT2D eigenvalue weighted by Crippen LogP contribution is 2.22. The summed E-state index contributed by atoms with van der Waals surface area (Å²) >= 11 is 0. The van der Waals surface area contributed by atoms with Crippen molar-refractivity contribution in [3.8, 4) is 5.75 Å². The average Bonchev–Trinajstić information content (AvgIpc) is 2.46. The lowest BCUT2D eigenvalue weighted by Crippen LogP contribution is -2.19. The molecule has 4 heteroatoms. The lowest BCUT2D eigenvalue weighted by atomic mass is 10.0. The molecule has 1 atom stereocenters. The van der Waals surface area contributed by atoms with Crippen LogP contribution in [0.1, 0.15) is 29.7 Å². The summed E-state index contributed by atoms with van der Waals surface area (Å²) in [6.45, 7) is 1.78. The van der Waals surface area contributed by atoms with E-state index in [0.717, 1.165) is 5.56 Å². The minimum Gasteiger partial charge on any atom is -0.434 e. The maximum absolute atomic E-state index is 12.4. The molecule has 2 rings (SSSR count). The fraction of sp³-hybridized carbons (Fsp3) is 0.294. The molecule has 0 heterocycles. The minimum atomic E-state index is -2.81. The third-order valence-corrected chi connectivity index (χ3v) is 3.44. The zero-order valence-electron chi connectivity index (χ0n) is 12.1. The second-order valence-corrected chi connectivity index (χ2v) is 4.95. The van der Waals surface area contributed by atoms with E-state index in [1.807, 2.05) is 18.2 Å². The normalized spacial score (nSPS) is 12.4. The Morgan fingerprint density at radius 3 is 2.43 bits per heavy atom. The average molecular weight is 291 g/mol. The molecule has 112 valence electrons. The number of nitrogens with one attached hydrogen (secondary N) is 1. The van der Waals surface area contributed by atoms with Crippen molar-refractivity contribution in [3.63, 3.8) is 0 Å². The molecule has 0 amide bonds. The molecule has 2 aromatic carbocycles. The first-order chi connectivity index (χ1) is 10.1. The summed E-state index contributed by atoms with van der Waals surface area (Å²) in [6, 6.07) is 15.1. The molecule has 21 heavy (non-hydrogen) atoms. The van der Waals surface area contributed by atoms with E-state index in [4.69, 9.17) is 0 Å². The molecule has 0 bridgehead atoms. The quantitative estimate of drug-likeness (QED) is 0.849. The fourth-order valence-corrected chi connectivity index (χ4v) is 2.31. The fourth-order valence-electron chi connectivity index (χ4n) is 2.31. The van der Waals surface area contributed by atoms with Crippen LogP contribution >= 0.6 is 0 Å². The zero-order valence-corrected chi connectivity index (χ0v) is 12.1. The van der Waals surface area contributed by atoms with Crippen LogP contribution in [0.3, 0.4) is 0 Å². The summed E-state index contributed by atoms with van der Waals surface area (Å²) < 4.78 is 29.3. The van der Waals surface area contributed by atoms with Crippen molar-refractivity contribution in [2.24, 2.45) is 0 Å². The monoisotopic (exact) mass is 291 g/mol. The number of rotatable bonds is 6. The van der Waals surface area contributed by atoms with Gasteiger partial charge in [-0.05, 0) is 31.0 Å². The molecule has 0 aromatic heterocycles. The predicted octanol–water partition coefficient (Wildman–Crippen LogP) is 4.45. The van der Waals surface area contributed by atoms with Crippen LogP contribution in [-0.4, -0.2) is 6.61 Å². The Labute approximate surface area is 123 Å². The van der Waals surface area contributed by atoms with Gasteiger partial charge in [0.05, 0.1) is 0 Å². The van der Waals surface area contributed by atoms with Gasteiger partial charge in [-0.2, -0.15) is 8.78 Å². The first-order valence-electron chi connectivity index (χ1n) is 6.89. The first-order valence-corrected chi connectivity index (χ1v) is 6.89. The lowest BCUT2D eigenvalue weighted by Gasteiger charge is -2.18. The Kier molecular flexibility index (Phi) is 5.28. The molecular weight excluding hydrogens is 272 g/mol. The SMILES string of the molecule is Cc1ccccc1C(C)NCc1ccccc1OC(F)F. The molecule has 2 nitrogen and oxygen atoms in total. The first kappa shape index (κ1) is 15.4. The maximum atomic E-state index is 12.4. The van der Waals surface area contributed by atoms with Gasteiger partial charge in [-0.3, -0.25) is 0 Å². The summed E-state index contributed by atoms with van der Waals surface area (Å²) in [5.74, 6) is 0.219. The van der Waals surface area contributed by atoms with E-state index in [0.29, 0.717) is 6.54 Å². The van der Waals surface area contributed by atoms with E-state index in [1.54, 1.807) is 18.2 Å². The van der Waals surface area contributed by atoms with Gasteiger partial charge in [0.15, 0.2) is 0 Å². The number of halogens is 2. The van der Waals surface area contributed by atoms with Gasteiger partial charge in [0.2, 0.25) is 0 Å². The van der Waals surface area contributed by atoms with E-state index in [-0.39, 0.29) is 11.8 Å². The summed E-state index contributed by atoms with van der Waals surface area (Å²) in [5.41, 5.74) is 3.12. The van der Waals surface area contributed by atoms with E-state index in [1.165, 1.54) is 11.1 Å². The van der Waals surface area contributed by atoms with Gasteiger partial charge >= 0.3 is 6.61 Å². The van der Waals surface area contributed by atoms with Gasteiger partial charge in [-0.15, -0.1) is 0 Å². The summed E-state index contributed by atoms with van der Waals surface area (Å²) in [5, 5.41) is 3.34. The predicted molar refractivity (Wildman–Crippen MR) is 79.5 cm³/mol. The number of hydrogen-bond donors (Lipinski definition) is 1. The van der Waals surface area contributed by atoms with Crippen LogP contribution in [0, 0.1) is 6.92 Å². The van der Waals surface area contributed by atoms with Gasteiger partial charge in [0, 0.05) is 18.2 Å². The van der Waals surface area contributed by atoms with Crippen LogP contribution in [0.2, 0.25) is 0 Å². The van der Waals surface area contributed by atoms with Gasteiger partial charge in [-0.1, -0.05) is 42.5 Å². The van der Waals surface area contributed by atoms with Crippen molar-refractivity contribution in [2.45, 2.75) is 33.0 Å². The molecule has 0 aliphatic carbocycles. The van der Waals surface area contributed by atoms with Crippen LogP contribution in [0.15, 0.2) is 48.5 Å². The van der Waals surface area contributed by atoms with Crippen molar-refractivity contribution in [1.29, 1.82) is 0 Å². The minimum absolute atomic E-state index is 0.130. The second-order valence-electron chi connectivity index (χ2n) is 4.95. The lowest BCUT2D eigenvalue weighted by molar-refractivity contribution is -0.0505. The molecule has 1 unspecified atom stereocenters. The van der Waals surface area contributed by atoms with Gasteiger partial charge in [0.1, 0.15) is 5.75 Å². The topological polar surface area (TPSA) is 21.3 Å². The highest BCUT2D eigenvalue weighted by molar-refractivity contribution is 5.34. The van der Waals surface area contributed by atoms with Gasteiger partial charge in [0.25, 0.3) is 0 Å². The second kappa shape index (κ2) is 7.18. The van der Waals surface area contributed by atoms with E-state index in [9.17, 15) is 8.78 Å².